The van der Waals surface area contributed by atoms with Gasteiger partial charge in [-0.15, -0.1) is 0 Å². The Balaban J connectivity index is 1.81. The predicted octanol–water partition coefficient (Wildman–Crippen LogP) is 3.33. The van der Waals surface area contributed by atoms with Gasteiger partial charge in [-0.05, 0) is 37.0 Å². The van der Waals surface area contributed by atoms with Crippen molar-refractivity contribution >= 4 is 6.29 Å². The van der Waals surface area contributed by atoms with Crippen molar-refractivity contribution in [2.75, 3.05) is 0 Å². The zero-order chi connectivity index (χ0) is 9.15. The van der Waals surface area contributed by atoms with Gasteiger partial charge in [-0.25, -0.2) is 0 Å². The first-order valence-corrected chi connectivity index (χ1v) is 5.81. The van der Waals surface area contributed by atoms with E-state index in [4.69, 9.17) is 0 Å². The average molecular weight is 180 g/mol. The molecule has 1 spiro atoms. The summed E-state index contributed by atoms with van der Waals surface area (Å²) in [6.45, 7) is 0. The van der Waals surface area contributed by atoms with E-state index in [1.54, 1.807) is 0 Å². The summed E-state index contributed by atoms with van der Waals surface area (Å²) in [6, 6.07) is 0. The first-order valence-electron chi connectivity index (χ1n) is 5.81. The standard InChI is InChI=1S/C12H20O/c13-9-5-6-11-10-12(11)7-3-1-2-4-8-12/h9,11H,1-8,10H2. The van der Waals surface area contributed by atoms with E-state index in [1.807, 2.05) is 0 Å². The highest BCUT2D eigenvalue weighted by atomic mass is 16.1. The molecule has 2 rings (SSSR count). The SMILES string of the molecule is O=CCCC1CC12CCCCCC2. The van der Waals surface area contributed by atoms with Crippen molar-refractivity contribution in [3.63, 3.8) is 0 Å². The van der Waals surface area contributed by atoms with Crippen LogP contribution in [0, 0.1) is 11.3 Å². The normalized spacial score (nSPS) is 31.2. The molecule has 0 aromatic carbocycles. The van der Waals surface area contributed by atoms with Gasteiger partial charge in [-0.2, -0.15) is 0 Å². The Morgan fingerprint density at radius 1 is 1.15 bits per heavy atom. The molecule has 0 aromatic heterocycles. The molecule has 0 aliphatic heterocycles. The molecule has 2 fully saturated rings. The number of carbonyl (C=O) groups excluding carboxylic acids is 1. The van der Waals surface area contributed by atoms with E-state index in [9.17, 15) is 4.79 Å². The van der Waals surface area contributed by atoms with Gasteiger partial charge >= 0.3 is 0 Å². The highest BCUT2D eigenvalue weighted by molar-refractivity contribution is 5.49. The van der Waals surface area contributed by atoms with Crippen LogP contribution in [0.3, 0.4) is 0 Å². The van der Waals surface area contributed by atoms with Crippen LogP contribution in [-0.2, 0) is 4.79 Å². The van der Waals surface area contributed by atoms with Gasteiger partial charge in [0.15, 0.2) is 0 Å². The summed E-state index contributed by atoms with van der Waals surface area (Å²) < 4.78 is 0. The third kappa shape index (κ3) is 1.95. The Hall–Kier alpha value is -0.330. The molecule has 74 valence electrons. The van der Waals surface area contributed by atoms with Crippen molar-refractivity contribution in [2.24, 2.45) is 11.3 Å². The minimum atomic E-state index is 0.722. The Labute approximate surface area is 80.9 Å². The third-order valence-electron chi connectivity index (χ3n) is 4.09. The fraction of sp³-hybridized carbons (Fsp3) is 0.917. The summed E-state index contributed by atoms with van der Waals surface area (Å²) in [7, 11) is 0. The second-order valence-electron chi connectivity index (χ2n) is 4.92. The molecular weight excluding hydrogens is 160 g/mol. The monoisotopic (exact) mass is 180 g/mol. The lowest BCUT2D eigenvalue weighted by molar-refractivity contribution is -0.108. The molecule has 0 amide bonds. The predicted molar refractivity (Wildman–Crippen MR) is 53.5 cm³/mol. The van der Waals surface area contributed by atoms with E-state index in [2.05, 4.69) is 0 Å². The van der Waals surface area contributed by atoms with Gasteiger partial charge in [0, 0.05) is 6.42 Å². The molecular formula is C12H20O. The topological polar surface area (TPSA) is 17.1 Å². The van der Waals surface area contributed by atoms with Crippen LogP contribution in [0.2, 0.25) is 0 Å². The maximum absolute atomic E-state index is 10.3. The van der Waals surface area contributed by atoms with Crippen LogP contribution in [-0.4, -0.2) is 6.29 Å². The fourth-order valence-electron chi connectivity index (χ4n) is 3.15. The van der Waals surface area contributed by atoms with Crippen LogP contribution < -0.4 is 0 Å². The Bertz CT molecular complexity index is 178. The van der Waals surface area contributed by atoms with Crippen LogP contribution in [0.5, 0.6) is 0 Å². The Morgan fingerprint density at radius 2 is 1.85 bits per heavy atom. The molecule has 2 aliphatic carbocycles. The van der Waals surface area contributed by atoms with Gasteiger partial charge in [0.05, 0.1) is 0 Å². The molecule has 0 bridgehead atoms. The van der Waals surface area contributed by atoms with Crippen molar-refractivity contribution in [1.82, 2.24) is 0 Å². The minimum Gasteiger partial charge on any atom is -0.303 e. The van der Waals surface area contributed by atoms with Gasteiger partial charge in [0.1, 0.15) is 6.29 Å². The zero-order valence-electron chi connectivity index (χ0n) is 8.43. The van der Waals surface area contributed by atoms with E-state index < -0.39 is 0 Å². The molecule has 0 saturated heterocycles. The molecule has 1 atom stereocenters. The highest BCUT2D eigenvalue weighted by Crippen LogP contribution is 2.62. The Morgan fingerprint density at radius 3 is 2.46 bits per heavy atom. The van der Waals surface area contributed by atoms with E-state index in [1.165, 1.54) is 51.4 Å². The van der Waals surface area contributed by atoms with E-state index >= 15 is 0 Å². The lowest BCUT2D eigenvalue weighted by Gasteiger charge is -2.12. The fourth-order valence-corrected chi connectivity index (χ4v) is 3.15. The number of hydrogen-bond acceptors (Lipinski definition) is 1. The summed E-state index contributed by atoms with van der Waals surface area (Å²) in [5.74, 6) is 0.913. The van der Waals surface area contributed by atoms with Gasteiger partial charge in [-0.1, -0.05) is 25.7 Å². The molecule has 2 aliphatic rings. The second kappa shape index (κ2) is 3.81. The second-order valence-corrected chi connectivity index (χ2v) is 4.92. The van der Waals surface area contributed by atoms with Gasteiger partial charge in [-0.3, -0.25) is 0 Å². The first kappa shape index (κ1) is 9.23. The lowest BCUT2D eigenvalue weighted by atomic mass is 9.92. The molecule has 1 unspecified atom stereocenters. The number of rotatable bonds is 3. The first-order chi connectivity index (χ1) is 6.37. The molecule has 0 N–H and O–H groups in total. The van der Waals surface area contributed by atoms with Crippen LogP contribution in [0.4, 0.5) is 0 Å². The molecule has 13 heavy (non-hydrogen) atoms. The van der Waals surface area contributed by atoms with Gasteiger partial charge in [0.25, 0.3) is 0 Å². The maximum Gasteiger partial charge on any atom is 0.120 e. The van der Waals surface area contributed by atoms with Crippen LogP contribution >= 0.6 is 0 Å². The number of hydrogen-bond donors (Lipinski definition) is 0. The minimum absolute atomic E-state index is 0.722. The Kier molecular flexibility index (Phi) is 2.71. The number of aldehydes is 1. The van der Waals surface area contributed by atoms with Crippen LogP contribution in [0.1, 0.15) is 57.8 Å². The van der Waals surface area contributed by atoms with Crippen molar-refractivity contribution in [1.29, 1.82) is 0 Å². The molecule has 2 saturated carbocycles. The largest absolute Gasteiger partial charge is 0.303 e. The van der Waals surface area contributed by atoms with Gasteiger partial charge < -0.3 is 4.79 Å². The summed E-state index contributed by atoms with van der Waals surface area (Å²) in [5, 5.41) is 0. The van der Waals surface area contributed by atoms with Crippen molar-refractivity contribution in [3.05, 3.63) is 0 Å². The molecule has 0 aromatic rings. The van der Waals surface area contributed by atoms with Crippen molar-refractivity contribution < 1.29 is 4.79 Å². The van der Waals surface area contributed by atoms with Crippen molar-refractivity contribution in [2.45, 2.75) is 57.8 Å². The highest BCUT2D eigenvalue weighted by Gasteiger charge is 2.51. The van der Waals surface area contributed by atoms with Crippen LogP contribution in [0.25, 0.3) is 0 Å². The quantitative estimate of drug-likeness (QED) is 0.609. The maximum atomic E-state index is 10.3. The average Bonchev–Trinajstić information content (AvgIpc) is 2.88. The van der Waals surface area contributed by atoms with Crippen LogP contribution in [0.15, 0.2) is 0 Å². The molecule has 1 heteroatoms. The molecule has 0 heterocycles. The van der Waals surface area contributed by atoms with Gasteiger partial charge in [0.2, 0.25) is 0 Å². The van der Waals surface area contributed by atoms with E-state index in [0.29, 0.717) is 0 Å². The third-order valence-corrected chi connectivity index (χ3v) is 4.09. The summed E-state index contributed by atoms with van der Waals surface area (Å²) in [6.07, 6.45) is 13.2. The smallest absolute Gasteiger partial charge is 0.120 e. The lowest BCUT2D eigenvalue weighted by Crippen LogP contribution is -2.02. The number of carbonyl (C=O) groups is 1. The van der Waals surface area contributed by atoms with E-state index in [0.717, 1.165) is 24.0 Å². The van der Waals surface area contributed by atoms with Crippen molar-refractivity contribution in [3.8, 4) is 0 Å². The molecule has 1 nitrogen and oxygen atoms in total. The van der Waals surface area contributed by atoms with E-state index in [-0.39, 0.29) is 0 Å². The summed E-state index contributed by atoms with van der Waals surface area (Å²) >= 11 is 0. The zero-order valence-corrected chi connectivity index (χ0v) is 8.43. The summed E-state index contributed by atoms with van der Waals surface area (Å²) in [5.41, 5.74) is 0.722. The molecule has 0 radical (unpaired) electrons. The summed E-state index contributed by atoms with van der Waals surface area (Å²) in [4.78, 5) is 10.3.